The predicted octanol–water partition coefficient (Wildman–Crippen LogP) is 1.62. The molecule has 102 valence electrons. The van der Waals surface area contributed by atoms with Crippen molar-refractivity contribution in [1.29, 1.82) is 0 Å². The van der Waals surface area contributed by atoms with Crippen molar-refractivity contribution < 1.29 is 9.13 Å². The highest BCUT2D eigenvalue weighted by Crippen LogP contribution is 2.35. The topological polar surface area (TPSA) is 50.9 Å². The molecule has 0 aliphatic carbocycles. The number of nitrogens with two attached hydrogens (primary N) is 1. The van der Waals surface area contributed by atoms with Crippen LogP contribution in [0.2, 0.25) is 0 Å². The summed E-state index contributed by atoms with van der Waals surface area (Å²) < 4.78 is 18.8. The van der Waals surface area contributed by atoms with Crippen molar-refractivity contribution in [1.82, 2.24) is 4.90 Å². The Hall–Kier alpha value is -1.43. The third kappa shape index (κ3) is 2.63. The molecule has 2 heterocycles. The summed E-state index contributed by atoms with van der Waals surface area (Å²) in [5, 5.41) is 0. The summed E-state index contributed by atoms with van der Waals surface area (Å²) in [6, 6.07) is 4.33. The van der Waals surface area contributed by atoms with E-state index in [1.807, 2.05) is 11.8 Å². The maximum absolute atomic E-state index is 13.3. The average molecular weight is 281 g/mol. The van der Waals surface area contributed by atoms with Gasteiger partial charge in [0.2, 0.25) is 0 Å². The summed E-state index contributed by atoms with van der Waals surface area (Å²) in [5.41, 5.74) is 6.83. The number of nitrogens with zero attached hydrogens (tertiary/aromatic N) is 2. The third-order valence-corrected chi connectivity index (χ3v) is 4.29. The van der Waals surface area contributed by atoms with E-state index in [0.717, 1.165) is 30.2 Å². The van der Waals surface area contributed by atoms with E-state index in [9.17, 15) is 4.39 Å². The number of ether oxygens (including phenoxy) is 1. The molecule has 0 saturated carbocycles. The fraction of sp³-hybridized carbons (Fsp3) is 0.462. The van der Waals surface area contributed by atoms with Gasteiger partial charge >= 0.3 is 0 Å². The molecule has 0 spiro atoms. The minimum Gasteiger partial charge on any atom is -0.491 e. The van der Waals surface area contributed by atoms with E-state index < -0.39 is 0 Å². The van der Waals surface area contributed by atoms with Gasteiger partial charge < -0.3 is 15.4 Å². The molecule has 0 amide bonds. The Kier molecular flexibility index (Phi) is 3.50. The van der Waals surface area contributed by atoms with Crippen LogP contribution in [0.15, 0.2) is 23.2 Å². The van der Waals surface area contributed by atoms with Crippen molar-refractivity contribution in [2.45, 2.75) is 6.04 Å². The second kappa shape index (κ2) is 5.28. The van der Waals surface area contributed by atoms with E-state index in [4.69, 9.17) is 10.5 Å². The molecule has 1 fully saturated rings. The van der Waals surface area contributed by atoms with Gasteiger partial charge in [-0.05, 0) is 18.2 Å². The number of guanidine groups is 1. The normalized spacial score (nSPS) is 23.1. The number of halogens is 1. The van der Waals surface area contributed by atoms with Crippen LogP contribution >= 0.6 is 11.8 Å². The molecular formula is C13H16FN3OS. The molecule has 2 aliphatic rings. The van der Waals surface area contributed by atoms with Gasteiger partial charge in [-0.15, -0.1) is 0 Å². The van der Waals surface area contributed by atoms with Crippen molar-refractivity contribution in [3.63, 3.8) is 0 Å². The van der Waals surface area contributed by atoms with Crippen molar-refractivity contribution in [3.05, 3.63) is 29.6 Å². The van der Waals surface area contributed by atoms with Gasteiger partial charge in [0, 0.05) is 30.2 Å². The highest BCUT2D eigenvalue weighted by atomic mass is 32.2. The van der Waals surface area contributed by atoms with Crippen LogP contribution in [0.4, 0.5) is 4.39 Å². The van der Waals surface area contributed by atoms with E-state index in [1.165, 1.54) is 12.1 Å². The Morgan fingerprint density at radius 1 is 1.42 bits per heavy atom. The SMILES string of the molecule is NC(=NC1COc2ccc(F)cc21)N1CCSCC1. The third-order valence-electron chi connectivity index (χ3n) is 3.35. The maximum atomic E-state index is 13.3. The molecule has 0 bridgehead atoms. The molecule has 4 nitrogen and oxygen atoms in total. The Labute approximate surface area is 115 Å². The average Bonchev–Trinajstić information content (AvgIpc) is 2.82. The van der Waals surface area contributed by atoms with Gasteiger partial charge in [0.15, 0.2) is 5.96 Å². The first-order valence-corrected chi connectivity index (χ1v) is 7.48. The first-order chi connectivity index (χ1) is 9.24. The standard InChI is InChI=1S/C13H16FN3OS/c14-9-1-2-12-10(7-9)11(8-18-12)16-13(15)17-3-5-19-6-4-17/h1-2,7,11H,3-6,8H2,(H2,15,16). The molecule has 2 aliphatic heterocycles. The summed E-state index contributed by atoms with van der Waals surface area (Å²) in [6.07, 6.45) is 0. The molecule has 1 unspecified atom stereocenters. The van der Waals surface area contributed by atoms with Crippen LogP contribution in [-0.4, -0.2) is 42.1 Å². The quantitative estimate of drug-likeness (QED) is 0.628. The second-order valence-electron chi connectivity index (χ2n) is 4.60. The minimum absolute atomic E-state index is 0.194. The van der Waals surface area contributed by atoms with Crippen molar-refractivity contribution in [2.24, 2.45) is 10.7 Å². The molecule has 3 rings (SSSR count). The molecule has 6 heteroatoms. The van der Waals surface area contributed by atoms with E-state index in [1.54, 1.807) is 6.07 Å². The fourth-order valence-electron chi connectivity index (χ4n) is 2.31. The van der Waals surface area contributed by atoms with Gasteiger partial charge in [-0.1, -0.05) is 0 Å². The van der Waals surface area contributed by atoms with Crippen molar-refractivity contribution >= 4 is 17.7 Å². The predicted molar refractivity (Wildman–Crippen MR) is 75.2 cm³/mol. The lowest BCUT2D eigenvalue weighted by Crippen LogP contribution is -2.42. The summed E-state index contributed by atoms with van der Waals surface area (Å²) in [7, 11) is 0. The molecule has 1 saturated heterocycles. The maximum Gasteiger partial charge on any atom is 0.192 e. The Morgan fingerprint density at radius 3 is 3.00 bits per heavy atom. The number of hydrogen-bond donors (Lipinski definition) is 1. The van der Waals surface area contributed by atoms with Crippen LogP contribution in [0.5, 0.6) is 5.75 Å². The van der Waals surface area contributed by atoms with Crippen molar-refractivity contribution in [3.8, 4) is 5.75 Å². The van der Waals surface area contributed by atoms with Crippen molar-refractivity contribution in [2.75, 3.05) is 31.2 Å². The van der Waals surface area contributed by atoms with Crippen LogP contribution < -0.4 is 10.5 Å². The lowest BCUT2D eigenvalue weighted by atomic mass is 10.1. The summed E-state index contributed by atoms with van der Waals surface area (Å²) in [5.74, 6) is 3.12. The van der Waals surface area contributed by atoms with Gasteiger partial charge in [-0.3, -0.25) is 0 Å². The van der Waals surface area contributed by atoms with Gasteiger partial charge in [0.25, 0.3) is 0 Å². The number of hydrogen-bond acceptors (Lipinski definition) is 3. The van der Waals surface area contributed by atoms with Crippen LogP contribution in [0.3, 0.4) is 0 Å². The highest BCUT2D eigenvalue weighted by Gasteiger charge is 2.25. The van der Waals surface area contributed by atoms with Gasteiger partial charge in [0.05, 0.1) is 0 Å². The Bertz CT molecular complexity index is 503. The number of aliphatic imine (C=N–C) groups is 1. The summed E-state index contributed by atoms with van der Waals surface area (Å²) in [4.78, 5) is 6.58. The van der Waals surface area contributed by atoms with Gasteiger partial charge in [-0.2, -0.15) is 11.8 Å². The van der Waals surface area contributed by atoms with Crippen LogP contribution in [0.1, 0.15) is 11.6 Å². The van der Waals surface area contributed by atoms with Crippen LogP contribution in [-0.2, 0) is 0 Å². The van der Waals surface area contributed by atoms with Gasteiger partial charge in [0.1, 0.15) is 24.2 Å². The smallest absolute Gasteiger partial charge is 0.192 e. The second-order valence-corrected chi connectivity index (χ2v) is 5.82. The molecule has 19 heavy (non-hydrogen) atoms. The molecule has 1 atom stereocenters. The lowest BCUT2D eigenvalue weighted by molar-refractivity contribution is 0.332. The first-order valence-electron chi connectivity index (χ1n) is 6.32. The first kappa shape index (κ1) is 12.6. The van der Waals surface area contributed by atoms with E-state index in [-0.39, 0.29) is 11.9 Å². The molecule has 1 aromatic rings. The number of thioether (sulfide) groups is 1. The zero-order valence-electron chi connectivity index (χ0n) is 10.5. The minimum atomic E-state index is -0.266. The highest BCUT2D eigenvalue weighted by molar-refractivity contribution is 7.99. The monoisotopic (exact) mass is 281 g/mol. The molecule has 0 radical (unpaired) electrons. The van der Waals surface area contributed by atoms with E-state index in [2.05, 4.69) is 9.89 Å². The zero-order valence-corrected chi connectivity index (χ0v) is 11.3. The molecule has 0 aromatic heterocycles. The lowest BCUT2D eigenvalue weighted by Gasteiger charge is -2.27. The number of fused-ring (bicyclic) bond motifs is 1. The van der Waals surface area contributed by atoms with Gasteiger partial charge in [-0.25, -0.2) is 9.38 Å². The number of rotatable bonds is 1. The zero-order chi connectivity index (χ0) is 13.2. The molecular weight excluding hydrogens is 265 g/mol. The molecule has 2 N–H and O–H groups in total. The largest absolute Gasteiger partial charge is 0.491 e. The molecule has 1 aromatic carbocycles. The van der Waals surface area contributed by atoms with E-state index in [0.29, 0.717) is 18.3 Å². The van der Waals surface area contributed by atoms with Crippen LogP contribution in [0.25, 0.3) is 0 Å². The summed E-state index contributed by atoms with van der Waals surface area (Å²) in [6.45, 7) is 2.27. The Balaban J connectivity index is 1.79. The Morgan fingerprint density at radius 2 is 2.21 bits per heavy atom. The number of benzene rings is 1. The van der Waals surface area contributed by atoms with Crippen LogP contribution in [0, 0.1) is 5.82 Å². The van der Waals surface area contributed by atoms with E-state index >= 15 is 0 Å². The fourth-order valence-corrected chi connectivity index (χ4v) is 3.21. The summed E-state index contributed by atoms with van der Waals surface area (Å²) >= 11 is 1.92.